The van der Waals surface area contributed by atoms with E-state index in [0.717, 1.165) is 6.42 Å². The summed E-state index contributed by atoms with van der Waals surface area (Å²) in [6.45, 7) is 11.3. The summed E-state index contributed by atoms with van der Waals surface area (Å²) >= 11 is 0. The Kier molecular flexibility index (Phi) is 4.81. The van der Waals surface area contributed by atoms with Gasteiger partial charge in [-0.15, -0.1) is 0 Å². The lowest BCUT2D eigenvalue weighted by Crippen LogP contribution is -2.56. The van der Waals surface area contributed by atoms with Gasteiger partial charge in [-0.05, 0) is 29.4 Å². The van der Waals surface area contributed by atoms with Crippen LogP contribution in [0.4, 0.5) is 0 Å². The summed E-state index contributed by atoms with van der Waals surface area (Å²) < 4.78 is 6.02. The Balaban J connectivity index is 2.01. The Hall–Kier alpha value is -1.86. The minimum absolute atomic E-state index is 0.0254. The van der Waals surface area contributed by atoms with E-state index in [9.17, 15) is 10.1 Å². The number of nitriles is 1. The molecule has 1 aliphatic heterocycles. The van der Waals surface area contributed by atoms with E-state index in [0.29, 0.717) is 17.9 Å². The zero-order chi connectivity index (χ0) is 17.3. The molecule has 4 heteroatoms. The fraction of sp³-hybridized carbons (Fsp3) is 0.579. The van der Waals surface area contributed by atoms with Crippen LogP contribution >= 0.6 is 0 Å². The quantitative estimate of drug-likeness (QED) is 0.808. The molecule has 0 bridgehead atoms. The fourth-order valence-electron chi connectivity index (χ4n) is 4.17. The maximum absolute atomic E-state index is 11.5. The minimum atomic E-state index is -0.187. The van der Waals surface area contributed by atoms with Crippen molar-refractivity contribution < 1.29 is 9.53 Å². The SMILES string of the molecule is CC1C=CC(=O)N/C1=C(C#N)/C=C\COC1C(C)(C)CC1(C)C. The summed E-state index contributed by atoms with van der Waals surface area (Å²) in [6.07, 6.45) is 8.26. The molecule has 0 aromatic rings. The van der Waals surface area contributed by atoms with Gasteiger partial charge in [0.2, 0.25) is 5.91 Å². The maximum atomic E-state index is 11.5. The molecule has 0 radical (unpaired) electrons. The second kappa shape index (κ2) is 6.33. The molecule has 23 heavy (non-hydrogen) atoms. The van der Waals surface area contributed by atoms with Crippen LogP contribution in [0.15, 0.2) is 35.6 Å². The zero-order valence-corrected chi connectivity index (χ0v) is 14.6. The molecule has 0 spiro atoms. The van der Waals surface area contributed by atoms with Gasteiger partial charge >= 0.3 is 0 Å². The predicted molar refractivity (Wildman–Crippen MR) is 90.1 cm³/mol. The lowest BCUT2D eigenvalue weighted by molar-refractivity contribution is -0.178. The first-order chi connectivity index (χ1) is 10.7. The largest absolute Gasteiger partial charge is 0.373 e. The van der Waals surface area contributed by atoms with Crippen LogP contribution in [-0.4, -0.2) is 18.6 Å². The molecule has 1 N–H and O–H groups in total. The van der Waals surface area contributed by atoms with Gasteiger partial charge in [-0.3, -0.25) is 4.79 Å². The van der Waals surface area contributed by atoms with Gasteiger partial charge in [0.1, 0.15) is 6.07 Å². The van der Waals surface area contributed by atoms with Crippen molar-refractivity contribution >= 4 is 5.91 Å². The van der Waals surface area contributed by atoms with Crippen LogP contribution in [0.25, 0.3) is 0 Å². The molecule has 2 rings (SSSR count). The first kappa shape index (κ1) is 17.5. The van der Waals surface area contributed by atoms with Crippen molar-refractivity contribution in [3.8, 4) is 6.07 Å². The number of nitrogens with zero attached hydrogens (tertiary/aromatic N) is 1. The molecule has 2 aliphatic rings. The molecule has 0 saturated heterocycles. The highest BCUT2D eigenvalue weighted by Gasteiger charge is 2.53. The molecular weight excluding hydrogens is 288 g/mol. The van der Waals surface area contributed by atoms with E-state index >= 15 is 0 Å². The molecular formula is C19H26N2O2. The molecule has 1 unspecified atom stereocenters. The van der Waals surface area contributed by atoms with E-state index in [4.69, 9.17) is 4.74 Å². The van der Waals surface area contributed by atoms with Crippen molar-refractivity contribution in [2.75, 3.05) is 6.61 Å². The number of carbonyl (C=O) groups excluding carboxylic acids is 1. The molecule has 4 nitrogen and oxygen atoms in total. The van der Waals surface area contributed by atoms with Gasteiger partial charge in [-0.1, -0.05) is 46.8 Å². The number of hydrogen-bond acceptors (Lipinski definition) is 3. The monoisotopic (exact) mass is 314 g/mol. The van der Waals surface area contributed by atoms with Gasteiger partial charge in [-0.25, -0.2) is 0 Å². The van der Waals surface area contributed by atoms with Crippen LogP contribution < -0.4 is 5.32 Å². The highest BCUT2D eigenvalue weighted by molar-refractivity contribution is 5.90. The summed E-state index contributed by atoms with van der Waals surface area (Å²) in [5.41, 5.74) is 1.53. The van der Waals surface area contributed by atoms with Crippen LogP contribution in [0.2, 0.25) is 0 Å². The third kappa shape index (κ3) is 3.73. The van der Waals surface area contributed by atoms with E-state index in [2.05, 4.69) is 39.1 Å². The highest BCUT2D eigenvalue weighted by atomic mass is 16.5. The number of rotatable bonds is 4. The third-order valence-corrected chi connectivity index (χ3v) is 4.63. The van der Waals surface area contributed by atoms with Crippen molar-refractivity contribution in [2.24, 2.45) is 16.7 Å². The van der Waals surface area contributed by atoms with E-state index in [1.165, 1.54) is 6.08 Å². The average Bonchev–Trinajstić information content (AvgIpc) is 2.44. The number of allylic oxidation sites excluding steroid dienone is 3. The smallest absolute Gasteiger partial charge is 0.247 e. The Morgan fingerprint density at radius 1 is 1.43 bits per heavy atom. The van der Waals surface area contributed by atoms with Gasteiger partial charge in [0.15, 0.2) is 0 Å². The Labute approximate surface area is 138 Å². The van der Waals surface area contributed by atoms with E-state index in [1.807, 2.05) is 13.0 Å². The second-order valence-corrected chi connectivity index (χ2v) is 7.85. The molecule has 1 fully saturated rings. The van der Waals surface area contributed by atoms with E-state index < -0.39 is 0 Å². The van der Waals surface area contributed by atoms with Crippen LogP contribution in [0.3, 0.4) is 0 Å². The molecule has 1 amide bonds. The molecule has 124 valence electrons. The fourth-order valence-corrected chi connectivity index (χ4v) is 4.17. The topological polar surface area (TPSA) is 62.1 Å². The van der Waals surface area contributed by atoms with Crippen molar-refractivity contribution in [3.63, 3.8) is 0 Å². The van der Waals surface area contributed by atoms with Gasteiger partial charge in [0.05, 0.1) is 18.3 Å². The molecule has 1 saturated carbocycles. The number of carbonyl (C=O) groups is 1. The molecule has 0 aromatic carbocycles. The number of hydrogen-bond donors (Lipinski definition) is 1. The van der Waals surface area contributed by atoms with E-state index in [-0.39, 0.29) is 28.8 Å². The highest BCUT2D eigenvalue weighted by Crippen LogP contribution is 2.55. The van der Waals surface area contributed by atoms with Gasteiger partial charge in [0, 0.05) is 11.6 Å². The first-order valence-corrected chi connectivity index (χ1v) is 8.09. The van der Waals surface area contributed by atoms with Crippen LogP contribution in [0.5, 0.6) is 0 Å². The van der Waals surface area contributed by atoms with Crippen molar-refractivity contribution in [3.05, 3.63) is 35.6 Å². The van der Waals surface area contributed by atoms with E-state index in [1.54, 1.807) is 12.2 Å². The van der Waals surface area contributed by atoms with Crippen molar-refractivity contribution in [2.45, 2.75) is 47.1 Å². The first-order valence-electron chi connectivity index (χ1n) is 8.09. The van der Waals surface area contributed by atoms with Crippen molar-refractivity contribution in [1.82, 2.24) is 5.32 Å². The average molecular weight is 314 g/mol. The summed E-state index contributed by atoms with van der Waals surface area (Å²) in [4.78, 5) is 11.5. The Bertz CT molecular complexity index is 604. The second-order valence-electron chi connectivity index (χ2n) is 7.85. The lowest BCUT2D eigenvalue weighted by atomic mass is 9.53. The Morgan fingerprint density at radius 2 is 2.09 bits per heavy atom. The normalized spacial score (nSPS) is 28.2. The maximum Gasteiger partial charge on any atom is 0.247 e. The van der Waals surface area contributed by atoms with Crippen molar-refractivity contribution in [1.29, 1.82) is 5.26 Å². The minimum Gasteiger partial charge on any atom is -0.373 e. The number of ether oxygens (including phenoxy) is 1. The molecule has 0 aromatic heterocycles. The van der Waals surface area contributed by atoms with Crippen LogP contribution in [0.1, 0.15) is 41.0 Å². The summed E-state index contributed by atoms with van der Waals surface area (Å²) in [5.74, 6) is -0.161. The lowest BCUT2D eigenvalue weighted by Gasteiger charge is -2.57. The van der Waals surface area contributed by atoms with Crippen LogP contribution in [0, 0.1) is 28.1 Å². The predicted octanol–water partition coefficient (Wildman–Crippen LogP) is 3.48. The Morgan fingerprint density at radius 3 is 2.65 bits per heavy atom. The zero-order valence-electron chi connectivity index (χ0n) is 14.6. The summed E-state index contributed by atoms with van der Waals surface area (Å²) in [6, 6.07) is 2.16. The summed E-state index contributed by atoms with van der Waals surface area (Å²) in [5, 5.41) is 12.1. The number of amides is 1. The molecule has 1 atom stereocenters. The summed E-state index contributed by atoms with van der Waals surface area (Å²) in [7, 11) is 0. The standard InChI is InChI=1S/C19H26N2O2/c1-13-8-9-15(22)21-16(13)14(11-20)7-6-10-23-17-18(2,3)12-19(17,4)5/h6-9,13,17H,10,12H2,1-5H3,(H,21,22)/b7-6-,16-14-. The van der Waals surface area contributed by atoms with Crippen LogP contribution in [-0.2, 0) is 9.53 Å². The molecule has 1 aliphatic carbocycles. The third-order valence-electron chi connectivity index (χ3n) is 4.63. The molecule has 1 heterocycles. The van der Waals surface area contributed by atoms with Gasteiger partial charge in [-0.2, -0.15) is 5.26 Å². The number of nitrogens with one attached hydrogen (secondary N) is 1. The van der Waals surface area contributed by atoms with Gasteiger partial charge in [0.25, 0.3) is 0 Å². The van der Waals surface area contributed by atoms with Gasteiger partial charge < -0.3 is 10.1 Å².